The molecule has 1 aromatic rings. The van der Waals surface area contributed by atoms with Crippen LogP contribution in [0.2, 0.25) is 0 Å². The lowest BCUT2D eigenvalue weighted by Crippen LogP contribution is -2.36. The van der Waals surface area contributed by atoms with Gasteiger partial charge in [0, 0.05) is 10.3 Å². The standard InChI is InChI=1S/C12H19NS/c1-8(2)12(9(3)4)6-5-10-11(12)13-7-14-10/h7-9H,5-6H2,1-4H3. The molecule has 1 aromatic heterocycles. The summed E-state index contributed by atoms with van der Waals surface area (Å²) >= 11 is 1.84. The molecule has 0 saturated heterocycles. The highest BCUT2D eigenvalue weighted by Gasteiger charge is 2.45. The third-order valence-corrected chi connectivity index (χ3v) is 4.80. The normalized spacial score (nSPS) is 19.3. The van der Waals surface area contributed by atoms with Gasteiger partial charge in [-0.1, -0.05) is 27.7 Å². The first-order chi connectivity index (χ1) is 6.59. The number of hydrogen-bond acceptors (Lipinski definition) is 2. The van der Waals surface area contributed by atoms with Crippen molar-refractivity contribution in [3.8, 4) is 0 Å². The Morgan fingerprint density at radius 2 is 1.93 bits per heavy atom. The Labute approximate surface area is 90.6 Å². The van der Waals surface area contributed by atoms with Gasteiger partial charge >= 0.3 is 0 Å². The minimum absolute atomic E-state index is 0.356. The second-order valence-electron chi connectivity index (χ2n) is 4.97. The van der Waals surface area contributed by atoms with Gasteiger partial charge in [0.1, 0.15) is 0 Å². The molecular formula is C12H19NS. The largest absolute Gasteiger partial charge is 0.249 e. The summed E-state index contributed by atoms with van der Waals surface area (Å²) in [6.45, 7) is 9.37. The molecule has 0 unspecified atom stereocenters. The fourth-order valence-corrected chi connectivity index (χ4v) is 3.92. The van der Waals surface area contributed by atoms with Crippen LogP contribution < -0.4 is 0 Å². The van der Waals surface area contributed by atoms with Gasteiger partial charge in [-0.15, -0.1) is 11.3 Å². The molecule has 0 atom stereocenters. The lowest BCUT2D eigenvalue weighted by Gasteiger charge is -2.37. The molecule has 1 nitrogen and oxygen atoms in total. The summed E-state index contributed by atoms with van der Waals surface area (Å²) < 4.78 is 0. The van der Waals surface area contributed by atoms with E-state index < -0.39 is 0 Å². The van der Waals surface area contributed by atoms with Crippen molar-refractivity contribution in [2.45, 2.75) is 46.0 Å². The number of nitrogens with zero attached hydrogens (tertiary/aromatic N) is 1. The van der Waals surface area contributed by atoms with E-state index in [1.165, 1.54) is 23.4 Å². The quantitative estimate of drug-likeness (QED) is 0.724. The van der Waals surface area contributed by atoms with Crippen LogP contribution in [0.5, 0.6) is 0 Å². The monoisotopic (exact) mass is 209 g/mol. The molecule has 78 valence electrons. The molecule has 2 heteroatoms. The number of rotatable bonds is 2. The molecule has 0 bridgehead atoms. The molecule has 0 aromatic carbocycles. The molecule has 0 radical (unpaired) electrons. The Morgan fingerprint density at radius 1 is 1.29 bits per heavy atom. The maximum Gasteiger partial charge on any atom is 0.0797 e. The van der Waals surface area contributed by atoms with Crippen LogP contribution in [-0.2, 0) is 11.8 Å². The summed E-state index contributed by atoms with van der Waals surface area (Å²) in [5.41, 5.74) is 3.78. The van der Waals surface area contributed by atoms with Crippen LogP contribution in [0.15, 0.2) is 5.51 Å². The molecular weight excluding hydrogens is 190 g/mol. The zero-order valence-corrected chi connectivity index (χ0v) is 10.3. The fourth-order valence-electron chi connectivity index (χ4n) is 3.06. The summed E-state index contributed by atoms with van der Waals surface area (Å²) in [5.74, 6) is 1.40. The third-order valence-electron chi connectivity index (χ3n) is 3.91. The predicted octanol–water partition coefficient (Wildman–Crippen LogP) is 3.64. The summed E-state index contributed by atoms with van der Waals surface area (Å²) in [6.07, 6.45) is 2.55. The SMILES string of the molecule is CC(C)C1(C(C)C)CCc2scnc21. The lowest BCUT2D eigenvalue weighted by atomic mass is 9.67. The Kier molecular flexibility index (Phi) is 2.42. The Balaban J connectivity index is 2.50. The van der Waals surface area contributed by atoms with Crippen molar-refractivity contribution in [3.05, 3.63) is 16.1 Å². The van der Waals surface area contributed by atoms with Crippen LogP contribution >= 0.6 is 11.3 Å². The number of aryl methyl sites for hydroxylation is 1. The van der Waals surface area contributed by atoms with Crippen LogP contribution in [0.4, 0.5) is 0 Å². The molecule has 1 heterocycles. The van der Waals surface area contributed by atoms with Gasteiger partial charge in [-0.2, -0.15) is 0 Å². The number of hydrogen-bond donors (Lipinski definition) is 0. The van der Waals surface area contributed by atoms with E-state index in [0.717, 1.165) is 0 Å². The molecule has 14 heavy (non-hydrogen) atoms. The van der Waals surface area contributed by atoms with Crippen LogP contribution in [0, 0.1) is 11.8 Å². The van der Waals surface area contributed by atoms with E-state index in [0.29, 0.717) is 17.3 Å². The molecule has 0 spiro atoms. The van der Waals surface area contributed by atoms with Crippen molar-refractivity contribution in [2.24, 2.45) is 11.8 Å². The van der Waals surface area contributed by atoms with Gasteiger partial charge in [0.15, 0.2) is 0 Å². The highest BCUT2D eigenvalue weighted by atomic mass is 32.1. The number of aromatic nitrogens is 1. The molecule has 1 aliphatic rings. The average Bonchev–Trinajstić information content (AvgIpc) is 2.60. The van der Waals surface area contributed by atoms with Gasteiger partial charge in [-0.25, -0.2) is 4.98 Å². The predicted molar refractivity (Wildman–Crippen MR) is 61.8 cm³/mol. The fraction of sp³-hybridized carbons (Fsp3) is 0.750. The van der Waals surface area contributed by atoms with Crippen molar-refractivity contribution < 1.29 is 0 Å². The van der Waals surface area contributed by atoms with Gasteiger partial charge in [-0.05, 0) is 24.7 Å². The van der Waals surface area contributed by atoms with Gasteiger partial charge in [-0.3, -0.25) is 0 Å². The molecule has 1 aliphatic carbocycles. The van der Waals surface area contributed by atoms with Crippen LogP contribution in [-0.4, -0.2) is 4.98 Å². The second kappa shape index (κ2) is 3.34. The summed E-state index contributed by atoms with van der Waals surface area (Å²) in [6, 6.07) is 0. The first-order valence-electron chi connectivity index (χ1n) is 5.52. The van der Waals surface area contributed by atoms with Gasteiger partial charge in [0.05, 0.1) is 11.2 Å². The minimum Gasteiger partial charge on any atom is -0.249 e. The highest BCUT2D eigenvalue weighted by Crippen LogP contribution is 2.49. The van der Waals surface area contributed by atoms with Crippen LogP contribution in [0.25, 0.3) is 0 Å². The molecule has 0 fully saturated rings. The number of thiazole rings is 1. The third kappa shape index (κ3) is 1.16. The zero-order chi connectivity index (χ0) is 10.3. The van der Waals surface area contributed by atoms with E-state index in [2.05, 4.69) is 32.7 Å². The molecule has 0 N–H and O–H groups in total. The lowest BCUT2D eigenvalue weighted by molar-refractivity contribution is 0.212. The maximum absolute atomic E-state index is 4.61. The second-order valence-corrected chi connectivity index (χ2v) is 5.91. The Hall–Kier alpha value is -0.370. The van der Waals surface area contributed by atoms with E-state index >= 15 is 0 Å². The van der Waals surface area contributed by atoms with Gasteiger partial charge < -0.3 is 0 Å². The van der Waals surface area contributed by atoms with E-state index in [4.69, 9.17) is 0 Å². The molecule has 2 rings (SSSR count). The van der Waals surface area contributed by atoms with Gasteiger partial charge in [0.25, 0.3) is 0 Å². The van der Waals surface area contributed by atoms with Crippen molar-refractivity contribution in [1.29, 1.82) is 0 Å². The Bertz CT molecular complexity index is 317. The summed E-state index contributed by atoms with van der Waals surface area (Å²) in [7, 11) is 0. The summed E-state index contributed by atoms with van der Waals surface area (Å²) in [5, 5.41) is 0. The number of fused-ring (bicyclic) bond motifs is 1. The van der Waals surface area contributed by atoms with Crippen molar-refractivity contribution in [2.75, 3.05) is 0 Å². The highest BCUT2D eigenvalue weighted by molar-refractivity contribution is 7.09. The van der Waals surface area contributed by atoms with E-state index in [-0.39, 0.29) is 0 Å². The molecule has 0 amide bonds. The van der Waals surface area contributed by atoms with E-state index in [1.807, 2.05) is 16.8 Å². The van der Waals surface area contributed by atoms with Crippen molar-refractivity contribution >= 4 is 11.3 Å². The molecule has 0 aliphatic heterocycles. The van der Waals surface area contributed by atoms with Gasteiger partial charge in [0.2, 0.25) is 0 Å². The first kappa shape index (κ1) is 10.2. The minimum atomic E-state index is 0.356. The average molecular weight is 209 g/mol. The summed E-state index contributed by atoms with van der Waals surface area (Å²) in [4.78, 5) is 6.15. The molecule has 0 saturated carbocycles. The van der Waals surface area contributed by atoms with Crippen molar-refractivity contribution in [3.63, 3.8) is 0 Å². The van der Waals surface area contributed by atoms with Crippen LogP contribution in [0.3, 0.4) is 0 Å². The zero-order valence-electron chi connectivity index (χ0n) is 9.50. The first-order valence-corrected chi connectivity index (χ1v) is 6.40. The van der Waals surface area contributed by atoms with E-state index in [1.54, 1.807) is 0 Å². The van der Waals surface area contributed by atoms with Crippen molar-refractivity contribution in [1.82, 2.24) is 4.98 Å². The smallest absolute Gasteiger partial charge is 0.0797 e. The maximum atomic E-state index is 4.61. The Morgan fingerprint density at radius 3 is 2.50 bits per heavy atom. The van der Waals surface area contributed by atoms with E-state index in [9.17, 15) is 0 Å². The topological polar surface area (TPSA) is 12.9 Å². The van der Waals surface area contributed by atoms with Crippen LogP contribution in [0.1, 0.15) is 44.7 Å².